The van der Waals surface area contributed by atoms with Crippen molar-refractivity contribution in [1.82, 2.24) is 14.7 Å². The molecule has 4 heteroatoms. The minimum Gasteiger partial charge on any atom is -0.329 e. The molecule has 15 heavy (non-hydrogen) atoms. The SMILES string of the molecule is CCN(C1CC1)C(CN)c1cnn(C)c1. The molecule has 0 amide bonds. The third-order valence-electron chi connectivity index (χ3n) is 3.11. The zero-order valence-corrected chi connectivity index (χ0v) is 9.56. The molecule has 1 aromatic rings. The van der Waals surface area contributed by atoms with Crippen molar-refractivity contribution in [2.45, 2.75) is 31.8 Å². The van der Waals surface area contributed by atoms with E-state index in [0.29, 0.717) is 12.6 Å². The van der Waals surface area contributed by atoms with E-state index in [2.05, 4.69) is 23.1 Å². The lowest BCUT2D eigenvalue weighted by molar-refractivity contribution is 0.202. The summed E-state index contributed by atoms with van der Waals surface area (Å²) in [7, 11) is 1.95. The van der Waals surface area contributed by atoms with Crippen LogP contribution in [0.2, 0.25) is 0 Å². The van der Waals surface area contributed by atoms with Crippen molar-refractivity contribution in [2.75, 3.05) is 13.1 Å². The Morgan fingerprint density at radius 2 is 2.40 bits per heavy atom. The fraction of sp³-hybridized carbons (Fsp3) is 0.727. The maximum Gasteiger partial charge on any atom is 0.0538 e. The Balaban J connectivity index is 2.14. The third-order valence-corrected chi connectivity index (χ3v) is 3.11. The summed E-state index contributed by atoms with van der Waals surface area (Å²) in [6.07, 6.45) is 6.65. The Morgan fingerprint density at radius 3 is 2.80 bits per heavy atom. The Hall–Kier alpha value is -0.870. The minimum atomic E-state index is 0.344. The zero-order chi connectivity index (χ0) is 10.8. The first-order valence-corrected chi connectivity index (χ1v) is 5.70. The Morgan fingerprint density at radius 1 is 1.67 bits per heavy atom. The summed E-state index contributed by atoms with van der Waals surface area (Å²) in [6.45, 7) is 3.95. The number of aryl methyl sites for hydroxylation is 1. The largest absolute Gasteiger partial charge is 0.329 e. The summed E-state index contributed by atoms with van der Waals surface area (Å²) in [6, 6.07) is 1.10. The first kappa shape index (κ1) is 10.6. The van der Waals surface area contributed by atoms with Gasteiger partial charge in [-0.15, -0.1) is 0 Å². The summed E-state index contributed by atoms with van der Waals surface area (Å²) >= 11 is 0. The summed E-state index contributed by atoms with van der Waals surface area (Å²) in [5, 5.41) is 4.22. The zero-order valence-electron chi connectivity index (χ0n) is 9.56. The second kappa shape index (κ2) is 4.33. The molecule has 0 radical (unpaired) electrons. The van der Waals surface area contributed by atoms with Gasteiger partial charge in [-0.2, -0.15) is 5.10 Å². The molecule has 1 aliphatic rings. The van der Waals surface area contributed by atoms with Gasteiger partial charge in [0.05, 0.1) is 12.2 Å². The van der Waals surface area contributed by atoms with Gasteiger partial charge in [0.15, 0.2) is 0 Å². The van der Waals surface area contributed by atoms with Crippen molar-refractivity contribution in [3.8, 4) is 0 Å². The van der Waals surface area contributed by atoms with Crippen LogP contribution in [0.1, 0.15) is 31.4 Å². The third kappa shape index (κ3) is 2.21. The molecule has 0 saturated heterocycles. The Labute approximate surface area is 91.1 Å². The van der Waals surface area contributed by atoms with Crippen LogP contribution in [0.25, 0.3) is 0 Å². The molecular formula is C11H20N4. The molecule has 1 unspecified atom stereocenters. The van der Waals surface area contributed by atoms with Crippen LogP contribution >= 0.6 is 0 Å². The average Bonchev–Trinajstić information content (AvgIpc) is 2.98. The van der Waals surface area contributed by atoms with E-state index in [1.807, 2.05) is 17.9 Å². The van der Waals surface area contributed by atoms with Crippen LogP contribution < -0.4 is 5.73 Å². The number of hydrogen-bond donors (Lipinski definition) is 1. The van der Waals surface area contributed by atoms with Crippen molar-refractivity contribution in [3.63, 3.8) is 0 Å². The first-order chi connectivity index (χ1) is 7.26. The molecule has 0 aromatic carbocycles. The monoisotopic (exact) mass is 208 g/mol. The van der Waals surface area contributed by atoms with Crippen molar-refractivity contribution >= 4 is 0 Å². The smallest absolute Gasteiger partial charge is 0.0538 e. The molecule has 0 bridgehead atoms. The van der Waals surface area contributed by atoms with Crippen molar-refractivity contribution in [1.29, 1.82) is 0 Å². The average molecular weight is 208 g/mol. The van der Waals surface area contributed by atoms with E-state index < -0.39 is 0 Å². The van der Waals surface area contributed by atoms with Gasteiger partial charge in [0.25, 0.3) is 0 Å². The molecule has 1 atom stereocenters. The predicted molar refractivity (Wildman–Crippen MR) is 60.4 cm³/mol. The number of aromatic nitrogens is 2. The quantitative estimate of drug-likeness (QED) is 0.782. The van der Waals surface area contributed by atoms with Crippen LogP contribution in [-0.2, 0) is 7.05 Å². The van der Waals surface area contributed by atoms with Gasteiger partial charge in [0, 0.05) is 31.4 Å². The second-order valence-electron chi connectivity index (χ2n) is 4.26. The van der Waals surface area contributed by atoms with E-state index in [1.54, 1.807) is 0 Å². The van der Waals surface area contributed by atoms with Crippen LogP contribution in [0, 0.1) is 0 Å². The highest BCUT2D eigenvalue weighted by molar-refractivity contribution is 5.12. The highest BCUT2D eigenvalue weighted by Gasteiger charge is 2.33. The predicted octanol–water partition coefficient (Wildman–Crippen LogP) is 0.904. The van der Waals surface area contributed by atoms with Crippen LogP contribution in [0.3, 0.4) is 0 Å². The Bertz CT molecular complexity index is 316. The van der Waals surface area contributed by atoms with E-state index >= 15 is 0 Å². The van der Waals surface area contributed by atoms with Crippen LogP contribution in [-0.4, -0.2) is 33.8 Å². The lowest BCUT2D eigenvalue weighted by atomic mass is 10.1. The highest BCUT2D eigenvalue weighted by atomic mass is 15.3. The summed E-state index contributed by atoms with van der Waals surface area (Å²) in [4.78, 5) is 2.50. The van der Waals surface area contributed by atoms with E-state index in [-0.39, 0.29) is 0 Å². The fourth-order valence-electron chi connectivity index (χ4n) is 2.21. The van der Waals surface area contributed by atoms with Gasteiger partial charge in [-0.1, -0.05) is 6.92 Å². The molecule has 0 aliphatic heterocycles. The lowest BCUT2D eigenvalue weighted by Gasteiger charge is -2.28. The van der Waals surface area contributed by atoms with Gasteiger partial charge < -0.3 is 5.73 Å². The van der Waals surface area contributed by atoms with E-state index in [4.69, 9.17) is 5.73 Å². The molecule has 2 rings (SSSR count). The van der Waals surface area contributed by atoms with E-state index in [1.165, 1.54) is 18.4 Å². The molecule has 1 saturated carbocycles. The normalized spacial score (nSPS) is 18.4. The first-order valence-electron chi connectivity index (χ1n) is 5.70. The van der Waals surface area contributed by atoms with Gasteiger partial charge in [-0.25, -0.2) is 0 Å². The molecular weight excluding hydrogens is 188 g/mol. The molecule has 2 N–H and O–H groups in total. The van der Waals surface area contributed by atoms with Crippen LogP contribution in [0.15, 0.2) is 12.4 Å². The molecule has 1 aromatic heterocycles. The topological polar surface area (TPSA) is 47.1 Å². The van der Waals surface area contributed by atoms with E-state index in [9.17, 15) is 0 Å². The molecule has 0 spiro atoms. The van der Waals surface area contributed by atoms with Crippen molar-refractivity contribution < 1.29 is 0 Å². The van der Waals surface area contributed by atoms with Crippen LogP contribution in [0.5, 0.6) is 0 Å². The maximum absolute atomic E-state index is 5.88. The number of rotatable bonds is 5. The van der Waals surface area contributed by atoms with Crippen molar-refractivity contribution in [2.24, 2.45) is 12.8 Å². The number of nitrogens with zero attached hydrogens (tertiary/aromatic N) is 3. The molecule has 1 aliphatic carbocycles. The van der Waals surface area contributed by atoms with Gasteiger partial charge in [-0.3, -0.25) is 9.58 Å². The van der Waals surface area contributed by atoms with Gasteiger partial charge in [-0.05, 0) is 19.4 Å². The lowest BCUT2D eigenvalue weighted by Crippen LogP contribution is -2.35. The molecule has 1 heterocycles. The molecule has 1 fully saturated rings. The fourth-order valence-corrected chi connectivity index (χ4v) is 2.21. The van der Waals surface area contributed by atoms with Gasteiger partial charge >= 0.3 is 0 Å². The molecule has 4 nitrogen and oxygen atoms in total. The molecule has 84 valence electrons. The van der Waals surface area contributed by atoms with E-state index in [0.717, 1.165) is 12.6 Å². The Kier molecular flexibility index (Phi) is 3.07. The minimum absolute atomic E-state index is 0.344. The number of likely N-dealkylation sites (N-methyl/N-ethyl adjacent to an activating group) is 1. The maximum atomic E-state index is 5.88. The highest BCUT2D eigenvalue weighted by Crippen LogP contribution is 2.33. The second-order valence-corrected chi connectivity index (χ2v) is 4.26. The van der Waals surface area contributed by atoms with Crippen LogP contribution in [0.4, 0.5) is 0 Å². The summed E-state index contributed by atoms with van der Waals surface area (Å²) < 4.78 is 1.85. The standard InChI is InChI=1S/C11H20N4/c1-3-15(10-4-5-10)11(6-12)9-7-13-14(2)8-9/h7-8,10-11H,3-6,12H2,1-2H3. The number of nitrogens with two attached hydrogens (primary N) is 1. The summed E-state index contributed by atoms with van der Waals surface area (Å²) in [5.74, 6) is 0. The summed E-state index contributed by atoms with van der Waals surface area (Å²) in [5.41, 5.74) is 7.12. The van der Waals surface area contributed by atoms with Gasteiger partial charge in [0.1, 0.15) is 0 Å². The van der Waals surface area contributed by atoms with Gasteiger partial charge in [0.2, 0.25) is 0 Å². The number of hydrogen-bond acceptors (Lipinski definition) is 3. The van der Waals surface area contributed by atoms with Crippen molar-refractivity contribution in [3.05, 3.63) is 18.0 Å².